The minimum Gasteiger partial charge on any atom is -0.481 e. The molecule has 1 heterocycles. The molecule has 1 unspecified atom stereocenters. The minimum absolute atomic E-state index is 0.346. The molecule has 0 amide bonds. The molecule has 0 saturated carbocycles. The molecule has 1 aromatic carbocycles. The second kappa shape index (κ2) is 3.53. The lowest BCUT2D eigenvalue weighted by atomic mass is 9.90. The van der Waals surface area contributed by atoms with Crippen molar-refractivity contribution in [2.45, 2.75) is 12.3 Å². The Hall–Kier alpha value is -1.58. The molecule has 0 radical (unpaired) electrons. The highest BCUT2D eigenvalue weighted by atomic mass is 19.1. The first-order chi connectivity index (χ1) is 7.11. The van der Waals surface area contributed by atoms with E-state index in [1.54, 1.807) is 24.1 Å². The molecule has 4 heteroatoms. The van der Waals surface area contributed by atoms with Crippen molar-refractivity contribution in [3.05, 3.63) is 29.6 Å². The Morgan fingerprint density at radius 2 is 2.33 bits per heavy atom. The number of nitrogens with zero attached hydrogens (tertiary/aromatic N) is 1. The van der Waals surface area contributed by atoms with E-state index in [9.17, 15) is 9.18 Å². The van der Waals surface area contributed by atoms with Crippen molar-refractivity contribution in [3.8, 4) is 0 Å². The first-order valence-corrected chi connectivity index (χ1v) is 4.83. The molecule has 0 fully saturated rings. The molecule has 0 aromatic heterocycles. The molecule has 15 heavy (non-hydrogen) atoms. The van der Waals surface area contributed by atoms with Crippen LogP contribution in [0.5, 0.6) is 0 Å². The third-order valence-corrected chi connectivity index (χ3v) is 2.83. The molecule has 3 nitrogen and oxygen atoms in total. The zero-order valence-electron chi connectivity index (χ0n) is 8.40. The van der Waals surface area contributed by atoms with Gasteiger partial charge in [0.15, 0.2) is 0 Å². The Morgan fingerprint density at radius 3 is 3.00 bits per heavy atom. The van der Waals surface area contributed by atoms with E-state index in [0.29, 0.717) is 24.2 Å². The van der Waals surface area contributed by atoms with Crippen LogP contribution in [0, 0.1) is 5.82 Å². The van der Waals surface area contributed by atoms with Gasteiger partial charge >= 0.3 is 5.97 Å². The van der Waals surface area contributed by atoms with Gasteiger partial charge in [0.25, 0.3) is 0 Å². The summed E-state index contributed by atoms with van der Waals surface area (Å²) >= 11 is 0. The van der Waals surface area contributed by atoms with E-state index in [1.807, 2.05) is 0 Å². The number of hydrogen-bond donors (Lipinski definition) is 1. The van der Waals surface area contributed by atoms with Crippen molar-refractivity contribution < 1.29 is 14.3 Å². The van der Waals surface area contributed by atoms with Crippen LogP contribution in [0.15, 0.2) is 18.2 Å². The molecule has 1 N–H and O–H groups in total. The summed E-state index contributed by atoms with van der Waals surface area (Å²) in [5.74, 6) is -1.80. The maximum absolute atomic E-state index is 13.5. The van der Waals surface area contributed by atoms with Gasteiger partial charge in [-0.15, -0.1) is 0 Å². The van der Waals surface area contributed by atoms with Crippen LogP contribution in [0.4, 0.5) is 10.1 Å². The van der Waals surface area contributed by atoms with E-state index < -0.39 is 11.9 Å². The fourth-order valence-corrected chi connectivity index (χ4v) is 2.06. The number of rotatable bonds is 1. The topological polar surface area (TPSA) is 40.5 Å². The first kappa shape index (κ1) is 9.96. The predicted octanol–water partition coefficient (Wildman–Crippen LogP) is 1.83. The van der Waals surface area contributed by atoms with Gasteiger partial charge < -0.3 is 10.0 Å². The fourth-order valence-electron chi connectivity index (χ4n) is 2.06. The average molecular weight is 209 g/mol. The predicted molar refractivity (Wildman–Crippen MR) is 54.7 cm³/mol. The molecule has 2 rings (SSSR count). The minimum atomic E-state index is -0.880. The van der Waals surface area contributed by atoms with Crippen LogP contribution in [0.3, 0.4) is 0 Å². The smallest absolute Gasteiger partial charge is 0.311 e. The highest BCUT2D eigenvalue weighted by Gasteiger charge is 2.30. The summed E-state index contributed by atoms with van der Waals surface area (Å²) in [6.45, 7) is 0.574. The number of benzene rings is 1. The summed E-state index contributed by atoms with van der Waals surface area (Å²) in [7, 11) is 1.78. The number of anilines is 1. The van der Waals surface area contributed by atoms with Crippen molar-refractivity contribution in [1.29, 1.82) is 0 Å². The monoisotopic (exact) mass is 209 g/mol. The van der Waals surface area contributed by atoms with E-state index in [0.717, 1.165) is 0 Å². The van der Waals surface area contributed by atoms with Gasteiger partial charge in [0.1, 0.15) is 5.82 Å². The molecule has 1 atom stereocenters. The Morgan fingerprint density at radius 1 is 1.60 bits per heavy atom. The van der Waals surface area contributed by atoms with Crippen molar-refractivity contribution in [2.75, 3.05) is 18.5 Å². The lowest BCUT2D eigenvalue weighted by Crippen LogP contribution is -2.31. The standard InChI is InChI=1S/C11H12FNO2/c1-13-6-5-8(11(14)15)7-3-2-4-9(12)10(7)13/h2-4,8H,5-6H2,1H3,(H,14,15). The number of aliphatic carboxylic acids is 1. The average Bonchev–Trinajstić information content (AvgIpc) is 2.17. The number of carbonyl (C=O) groups is 1. The Labute approximate surface area is 87.1 Å². The zero-order chi connectivity index (χ0) is 11.0. The van der Waals surface area contributed by atoms with Gasteiger partial charge in [-0.05, 0) is 18.1 Å². The number of carboxylic acids is 1. The van der Waals surface area contributed by atoms with Crippen LogP contribution in [-0.4, -0.2) is 24.7 Å². The molecular weight excluding hydrogens is 197 g/mol. The van der Waals surface area contributed by atoms with Crippen molar-refractivity contribution in [3.63, 3.8) is 0 Å². The number of fused-ring (bicyclic) bond motifs is 1. The maximum atomic E-state index is 13.5. The van der Waals surface area contributed by atoms with Crippen LogP contribution in [-0.2, 0) is 4.79 Å². The second-order valence-electron chi connectivity index (χ2n) is 3.78. The Bertz CT molecular complexity index is 406. The lowest BCUT2D eigenvalue weighted by Gasteiger charge is -2.31. The Kier molecular flexibility index (Phi) is 2.34. The van der Waals surface area contributed by atoms with Crippen molar-refractivity contribution >= 4 is 11.7 Å². The highest BCUT2D eigenvalue weighted by Crippen LogP contribution is 2.36. The van der Waals surface area contributed by atoms with Gasteiger partial charge in [-0.3, -0.25) is 4.79 Å². The summed E-state index contributed by atoms with van der Waals surface area (Å²) in [5, 5.41) is 9.02. The molecule has 1 aromatic rings. The lowest BCUT2D eigenvalue weighted by molar-refractivity contribution is -0.139. The summed E-state index contributed by atoms with van der Waals surface area (Å²) in [4.78, 5) is 12.8. The van der Waals surface area contributed by atoms with Gasteiger partial charge in [0.05, 0.1) is 11.6 Å². The van der Waals surface area contributed by atoms with Crippen LogP contribution in [0.1, 0.15) is 17.9 Å². The van der Waals surface area contributed by atoms with Gasteiger partial charge in [-0.1, -0.05) is 12.1 Å². The van der Waals surface area contributed by atoms with E-state index in [1.165, 1.54) is 6.07 Å². The van der Waals surface area contributed by atoms with Gasteiger partial charge in [0, 0.05) is 13.6 Å². The molecule has 0 bridgehead atoms. The molecule has 0 spiro atoms. The summed E-state index contributed by atoms with van der Waals surface area (Å²) in [6, 6.07) is 4.61. The Balaban J connectivity index is 2.55. The van der Waals surface area contributed by atoms with E-state index in [2.05, 4.69) is 0 Å². The number of halogens is 1. The normalized spacial score (nSPS) is 19.9. The summed E-state index contributed by atoms with van der Waals surface area (Å²) in [5.41, 5.74) is 1.01. The molecule has 1 aliphatic rings. The van der Waals surface area contributed by atoms with Gasteiger partial charge in [-0.25, -0.2) is 4.39 Å². The van der Waals surface area contributed by atoms with Crippen LogP contribution >= 0.6 is 0 Å². The molecule has 80 valence electrons. The first-order valence-electron chi connectivity index (χ1n) is 4.83. The summed E-state index contributed by atoms with van der Waals surface area (Å²) in [6.07, 6.45) is 0.530. The summed E-state index contributed by atoms with van der Waals surface area (Å²) < 4.78 is 13.5. The third kappa shape index (κ3) is 1.56. The molecule has 1 aliphatic heterocycles. The molecule has 0 aliphatic carbocycles. The largest absolute Gasteiger partial charge is 0.481 e. The van der Waals surface area contributed by atoms with Crippen LogP contribution < -0.4 is 4.90 Å². The number of para-hydroxylation sites is 1. The SMILES string of the molecule is CN1CCC(C(=O)O)c2cccc(F)c21. The zero-order valence-corrected chi connectivity index (χ0v) is 8.40. The van der Waals surface area contributed by atoms with E-state index >= 15 is 0 Å². The van der Waals surface area contributed by atoms with E-state index in [4.69, 9.17) is 5.11 Å². The van der Waals surface area contributed by atoms with Gasteiger partial charge in [0.2, 0.25) is 0 Å². The van der Waals surface area contributed by atoms with Crippen LogP contribution in [0.25, 0.3) is 0 Å². The second-order valence-corrected chi connectivity index (χ2v) is 3.78. The van der Waals surface area contributed by atoms with Crippen LogP contribution in [0.2, 0.25) is 0 Å². The third-order valence-electron chi connectivity index (χ3n) is 2.83. The molecular formula is C11H12FNO2. The number of carboxylic acid groups (broad SMARTS) is 1. The molecule has 0 saturated heterocycles. The van der Waals surface area contributed by atoms with E-state index in [-0.39, 0.29) is 5.82 Å². The fraction of sp³-hybridized carbons (Fsp3) is 0.364. The van der Waals surface area contributed by atoms with Gasteiger partial charge in [-0.2, -0.15) is 0 Å². The maximum Gasteiger partial charge on any atom is 0.311 e. The van der Waals surface area contributed by atoms with Crippen molar-refractivity contribution in [1.82, 2.24) is 0 Å². The quantitative estimate of drug-likeness (QED) is 0.767. The van der Waals surface area contributed by atoms with Crippen molar-refractivity contribution in [2.24, 2.45) is 0 Å². The number of hydrogen-bond acceptors (Lipinski definition) is 2. The highest BCUT2D eigenvalue weighted by molar-refractivity contribution is 5.80.